The highest BCUT2D eigenvalue weighted by Gasteiger charge is 2.01. The Morgan fingerprint density at radius 3 is 2.06 bits per heavy atom. The van der Waals surface area contributed by atoms with Gasteiger partial charge in [0.05, 0.1) is 5.91 Å². The van der Waals surface area contributed by atoms with E-state index < -0.39 is 9.52 Å². The minimum absolute atomic E-state index is 0.826. The minimum atomic E-state index is -0.826. The van der Waals surface area contributed by atoms with E-state index >= 15 is 0 Å². The summed E-state index contributed by atoms with van der Waals surface area (Å²) in [5, 5.41) is 1.19. The Morgan fingerprint density at radius 2 is 1.47 bits per heavy atom. The third-order valence-electron chi connectivity index (χ3n) is 2.59. The summed E-state index contributed by atoms with van der Waals surface area (Å²) in [6.07, 6.45) is 2.12. The van der Waals surface area contributed by atoms with E-state index in [1.165, 1.54) is 5.20 Å². The van der Waals surface area contributed by atoms with E-state index in [2.05, 4.69) is 30.3 Å². The molecule has 0 atom stereocenters. The van der Waals surface area contributed by atoms with E-state index in [9.17, 15) is 4.79 Å². The molecule has 0 amide bonds. The number of hydrogen-bond donors (Lipinski definition) is 0. The fourth-order valence-corrected chi connectivity index (χ4v) is 2.76. The van der Waals surface area contributed by atoms with Gasteiger partial charge in [0.2, 0.25) is 0 Å². The predicted octanol–water partition coefficient (Wildman–Crippen LogP) is 2.54. The average molecular weight is 238 g/mol. The van der Waals surface area contributed by atoms with Crippen molar-refractivity contribution in [1.82, 2.24) is 0 Å². The molecule has 2 heteroatoms. The number of rotatable bonds is 4. The van der Waals surface area contributed by atoms with Gasteiger partial charge in [-0.05, 0) is 11.1 Å². The Hall–Kier alpha value is -1.93. The quantitative estimate of drug-likeness (QED) is 0.454. The molecular weight excluding hydrogens is 224 g/mol. The minimum Gasteiger partial charge on any atom is -0.309 e. The maximum absolute atomic E-state index is 10.8. The molecule has 0 N–H and O–H groups in total. The van der Waals surface area contributed by atoms with Gasteiger partial charge in [0, 0.05) is 0 Å². The van der Waals surface area contributed by atoms with E-state index in [1.54, 1.807) is 0 Å². The van der Waals surface area contributed by atoms with Crippen molar-refractivity contribution in [3.63, 3.8) is 0 Å². The Balaban J connectivity index is 2.36. The van der Waals surface area contributed by atoms with E-state index in [1.807, 2.05) is 36.4 Å². The summed E-state index contributed by atoms with van der Waals surface area (Å²) < 4.78 is 0. The number of carbonyl (C=O) groups excluding carboxylic acids is 1. The van der Waals surface area contributed by atoms with E-state index in [-0.39, 0.29) is 0 Å². The maximum atomic E-state index is 10.8. The van der Waals surface area contributed by atoms with Gasteiger partial charge in [-0.25, -0.2) is 0 Å². The Kier molecular flexibility index (Phi) is 4.05. The third-order valence-corrected chi connectivity index (χ3v) is 3.81. The predicted molar refractivity (Wildman–Crippen MR) is 76.0 cm³/mol. The highest BCUT2D eigenvalue weighted by Crippen LogP contribution is 2.16. The summed E-state index contributed by atoms with van der Waals surface area (Å²) in [5.74, 6) is 1.09. The molecule has 0 aliphatic heterocycles. The summed E-state index contributed by atoms with van der Waals surface area (Å²) >= 11 is 0. The van der Waals surface area contributed by atoms with E-state index in [0.29, 0.717) is 0 Å². The van der Waals surface area contributed by atoms with Crippen LogP contribution < -0.4 is 0 Å². The fraction of sp³-hybridized carbons (Fsp3) is 0. The highest BCUT2D eigenvalue weighted by atomic mass is 28.2. The zero-order valence-corrected chi connectivity index (χ0v) is 11.0. The average Bonchev–Trinajstić information content (AvgIpc) is 2.40. The molecule has 0 fully saturated rings. The summed E-state index contributed by atoms with van der Waals surface area (Å²) in [4.78, 5) is 10.8. The van der Waals surface area contributed by atoms with E-state index in [4.69, 9.17) is 0 Å². The van der Waals surface area contributed by atoms with Gasteiger partial charge >= 0.3 is 0 Å². The van der Waals surface area contributed by atoms with Crippen molar-refractivity contribution in [3.05, 3.63) is 71.8 Å². The zero-order valence-electron chi connectivity index (χ0n) is 9.54. The summed E-state index contributed by atoms with van der Waals surface area (Å²) in [6, 6.07) is 20.3. The van der Waals surface area contributed by atoms with Gasteiger partial charge in [-0.15, -0.1) is 0 Å². The second kappa shape index (κ2) is 5.96. The topological polar surface area (TPSA) is 17.1 Å². The van der Waals surface area contributed by atoms with Gasteiger partial charge in [-0.1, -0.05) is 71.9 Å². The van der Waals surface area contributed by atoms with Crippen LogP contribution in [0.25, 0.3) is 11.3 Å². The molecule has 0 saturated carbocycles. The number of carbonyl (C=O) groups is 1. The van der Waals surface area contributed by atoms with Crippen LogP contribution in [-0.4, -0.2) is 15.4 Å². The molecule has 0 radical (unpaired) electrons. The summed E-state index contributed by atoms with van der Waals surface area (Å²) in [7, 11) is -0.826. The molecule has 17 heavy (non-hydrogen) atoms. The molecule has 0 heterocycles. The molecule has 1 nitrogen and oxygen atoms in total. The van der Waals surface area contributed by atoms with Crippen molar-refractivity contribution >= 4 is 26.7 Å². The molecule has 0 unspecified atom stereocenters. The smallest absolute Gasteiger partial charge is 0.129 e. The molecular formula is C15H14OSi. The molecule has 2 rings (SSSR count). The lowest BCUT2D eigenvalue weighted by molar-refractivity contribution is 0.568. The first-order valence-electron chi connectivity index (χ1n) is 5.65. The molecule has 0 spiro atoms. The van der Waals surface area contributed by atoms with Crippen LogP contribution in [0.2, 0.25) is 0 Å². The van der Waals surface area contributed by atoms with Crippen LogP contribution >= 0.6 is 0 Å². The standard InChI is InChI=1S/C15H14OSi/c16-12-17-15(14-9-5-2-6-10-14)11-13-7-3-1-4-8-13/h1-12H,17H2. The lowest BCUT2D eigenvalue weighted by Gasteiger charge is -2.04. The first-order valence-corrected chi connectivity index (χ1v) is 7.17. The number of hydrogen-bond acceptors (Lipinski definition) is 1. The number of benzene rings is 2. The van der Waals surface area contributed by atoms with Crippen LogP contribution in [0.3, 0.4) is 0 Å². The van der Waals surface area contributed by atoms with Gasteiger partial charge in [-0.2, -0.15) is 0 Å². The van der Waals surface area contributed by atoms with Crippen LogP contribution in [0.5, 0.6) is 0 Å². The zero-order chi connectivity index (χ0) is 11.9. The Bertz CT molecular complexity index is 503. The lowest BCUT2D eigenvalue weighted by Crippen LogP contribution is -1.97. The van der Waals surface area contributed by atoms with Crippen LogP contribution in [0.4, 0.5) is 0 Å². The molecule has 2 aromatic rings. The maximum Gasteiger partial charge on any atom is 0.129 e. The van der Waals surface area contributed by atoms with Crippen molar-refractivity contribution < 1.29 is 4.79 Å². The Labute approximate surface area is 104 Å². The van der Waals surface area contributed by atoms with Crippen LogP contribution in [0, 0.1) is 0 Å². The van der Waals surface area contributed by atoms with Crippen LogP contribution in [0.1, 0.15) is 11.1 Å². The fourth-order valence-electron chi connectivity index (χ4n) is 1.75. The molecule has 0 aliphatic carbocycles. The lowest BCUT2D eigenvalue weighted by atomic mass is 10.1. The molecule has 84 valence electrons. The van der Waals surface area contributed by atoms with Gasteiger partial charge in [0.1, 0.15) is 9.52 Å². The largest absolute Gasteiger partial charge is 0.309 e. The molecule has 0 aliphatic rings. The van der Waals surface area contributed by atoms with Gasteiger partial charge in [0.15, 0.2) is 0 Å². The SMILES string of the molecule is O=C[SiH2]C(=Cc1ccccc1)c1ccccc1. The second-order valence-electron chi connectivity index (χ2n) is 3.82. The van der Waals surface area contributed by atoms with Crippen molar-refractivity contribution in [2.75, 3.05) is 0 Å². The van der Waals surface area contributed by atoms with Gasteiger partial charge in [-0.3, -0.25) is 0 Å². The molecule has 0 aromatic heterocycles. The monoisotopic (exact) mass is 238 g/mol. The van der Waals surface area contributed by atoms with Crippen molar-refractivity contribution in [2.45, 2.75) is 0 Å². The first-order chi connectivity index (χ1) is 8.40. The van der Waals surface area contributed by atoms with Gasteiger partial charge in [0.25, 0.3) is 0 Å². The van der Waals surface area contributed by atoms with E-state index in [0.717, 1.165) is 17.0 Å². The normalized spacial score (nSPS) is 11.9. The van der Waals surface area contributed by atoms with Crippen LogP contribution in [0.15, 0.2) is 60.7 Å². The first kappa shape index (κ1) is 11.5. The van der Waals surface area contributed by atoms with Crippen molar-refractivity contribution in [2.24, 2.45) is 0 Å². The molecule has 0 bridgehead atoms. The molecule has 0 saturated heterocycles. The van der Waals surface area contributed by atoms with Crippen molar-refractivity contribution in [1.29, 1.82) is 0 Å². The summed E-state index contributed by atoms with van der Waals surface area (Å²) in [6.45, 7) is 0. The van der Waals surface area contributed by atoms with Crippen LogP contribution in [-0.2, 0) is 4.79 Å². The molecule has 2 aromatic carbocycles. The second-order valence-corrected chi connectivity index (χ2v) is 5.32. The Morgan fingerprint density at radius 1 is 0.882 bits per heavy atom. The van der Waals surface area contributed by atoms with Gasteiger partial charge < -0.3 is 4.79 Å². The highest BCUT2D eigenvalue weighted by molar-refractivity contribution is 6.84. The van der Waals surface area contributed by atoms with Crippen molar-refractivity contribution in [3.8, 4) is 0 Å². The third kappa shape index (κ3) is 3.26. The summed E-state index contributed by atoms with van der Waals surface area (Å²) in [5.41, 5.74) is 2.32.